The number of carbonyl (C=O) groups excluding carboxylic acids is 1. The fourth-order valence-electron chi connectivity index (χ4n) is 4.01. The Balaban J connectivity index is 1.55. The van der Waals surface area contributed by atoms with E-state index in [1.165, 1.54) is 12.0 Å². The van der Waals surface area contributed by atoms with Crippen molar-refractivity contribution < 1.29 is 15.0 Å². The molecule has 1 aliphatic rings. The molecule has 1 aliphatic carbocycles. The van der Waals surface area contributed by atoms with Gasteiger partial charge < -0.3 is 15.0 Å². The van der Waals surface area contributed by atoms with Gasteiger partial charge in [0.05, 0.1) is 6.10 Å². The maximum Gasteiger partial charge on any atom is 0.0540 e. The van der Waals surface area contributed by atoms with Crippen LogP contribution in [0.15, 0.2) is 30.3 Å². The van der Waals surface area contributed by atoms with Crippen molar-refractivity contribution in [2.75, 3.05) is 0 Å². The maximum atomic E-state index is 10.7. The Bertz CT molecular complexity index is 471. The summed E-state index contributed by atoms with van der Waals surface area (Å²) in [7, 11) is 0. The molecule has 0 bridgehead atoms. The van der Waals surface area contributed by atoms with Gasteiger partial charge in [-0.25, -0.2) is 0 Å². The van der Waals surface area contributed by atoms with Gasteiger partial charge in [-0.1, -0.05) is 56.0 Å². The van der Waals surface area contributed by atoms with E-state index >= 15 is 0 Å². The highest BCUT2D eigenvalue weighted by Gasteiger charge is 2.22. The summed E-state index contributed by atoms with van der Waals surface area (Å²) in [5.74, 6) is -0.0436. The van der Waals surface area contributed by atoms with Gasteiger partial charge in [-0.15, -0.1) is 0 Å². The lowest BCUT2D eigenvalue weighted by Crippen LogP contribution is -2.27. The van der Waals surface area contributed by atoms with Crippen LogP contribution < -0.4 is 5.11 Å². The molecule has 1 N–H and O–H groups in total. The zero-order chi connectivity index (χ0) is 17.2. The first-order valence-electron chi connectivity index (χ1n) is 9.55. The van der Waals surface area contributed by atoms with Gasteiger partial charge in [0.1, 0.15) is 0 Å². The summed E-state index contributed by atoms with van der Waals surface area (Å²) in [5.41, 5.74) is 1.37. The molecule has 1 fully saturated rings. The fourth-order valence-corrected chi connectivity index (χ4v) is 4.01. The van der Waals surface area contributed by atoms with Crippen LogP contribution in [0, 0.1) is 11.8 Å². The Hall–Kier alpha value is -1.35. The molecule has 1 aromatic carbocycles. The average molecular weight is 331 g/mol. The quantitative estimate of drug-likeness (QED) is 0.668. The van der Waals surface area contributed by atoms with Gasteiger partial charge in [0.2, 0.25) is 0 Å². The van der Waals surface area contributed by atoms with Crippen LogP contribution in [-0.4, -0.2) is 17.2 Å². The molecule has 1 unspecified atom stereocenters. The molecule has 0 radical (unpaired) electrons. The molecule has 0 heterocycles. The number of hydrogen-bond acceptors (Lipinski definition) is 3. The van der Waals surface area contributed by atoms with Crippen LogP contribution in [0.4, 0.5) is 0 Å². The third-order valence-electron chi connectivity index (χ3n) is 5.35. The largest absolute Gasteiger partial charge is 0.550 e. The van der Waals surface area contributed by atoms with E-state index in [4.69, 9.17) is 0 Å². The predicted octanol–water partition coefficient (Wildman–Crippen LogP) is 3.49. The summed E-state index contributed by atoms with van der Waals surface area (Å²) in [6.07, 6.45) is 10.4. The summed E-state index contributed by atoms with van der Waals surface area (Å²) < 4.78 is 0. The number of unbranched alkanes of at least 4 members (excludes halogenated alkanes) is 1. The van der Waals surface area contributed by atoms with E-state index in [2.05, 4.69) is 24.3 Å². The molecule has 24 heavy (non-hydrogen) atoms. The number of carboxylic acids is 1. The van der Waals surface area contributed by atoms with Crippen LogP contribution in [0.3, 0.4) is 0 Å². The van der Waals surface area contributed by atoms with Crippen LogP contribution in [0.25, 0.3) is 0 Å². The molecule has 3 atom stereocenters. The second-order valence-corrected chi connectivity index (χ2v) is 7.44. The Morgan fingerprint density at radius 1 is 1.12 bits per heavy atom. The second-order valence-electron chi connectivity index (χ2n) is 7.44. The number of rotatable bonds is 10. The molecule has 0 aliphatic heterocycles. The fraction of sp³-hybridized carbons (Fsp3) is 0.667. The third-order valence-corrected chi connectivity index (χ3v) is 5.35. The molecular weight excluding hydrogens is 300 g/mol. The van der Waals surface area contributed by atoms with Gasteiger partial charge in [-0.2, -0.15) is 0 Å². The normalized spacial score (nSPS) is 22.2. The number of aliphatic hydroxyl groups excluding tert-OH is 1. The summed E-state index contributed by atoms with van der Waals surface area (Å²) >= 11 is 0. The zero-order valence-corrected chi connectivity index (χ0v) is 14.7. The molecule has 2 rings (SSSR count). The van der Waals surface area contributed by atoms with Crippen molar-refractivity contribution in [3.63, 3.8) is 0 Å². The van der Waals surface area contributed by atoms with Crippen LogP contribution >= 0.6 is 0 Å². The first kappa shape index (κ1) is 19.0. The SMILES string of the molecule is O=C([O-])C[C@@H]1CCC[C@H](CCC(O)CCCCc2ccccc2)C1. The minimum atomic E-state index is -0.917. The minimum absolute atomic E-state index is 0.206. The van der Waals surface area contributed by atoms with E-state index in [-0.39, 0.29) is 18.4 Å². The molecule has 3 nitrogen and oxygen atoms in total. The Morgan fingerprint density at radius 3 is 2.62 bits per heavy atom. The number of carboxylic acid groups (broad SMARTS) is 1. The van der Waals surface area contributed by atoms with Crippen LogP contribution in [0.1, 0.15) is 69.8 Å². The monoisotopic (exact) mass is 331 g/mol. The Labute approximate surface area is 146 Å². The maximum absolute atomic E-state index is 10.7. The minimum Gasteiger partial charge on any atom is -0.550 e. The number of benzene rings is 1. The smallest absolute Gasteiger partial charge is 0.0540 e. The summed E-state index contributed by atoms with van der Waals surface area (Å²) in [6, 6.07) is 10.5. The molecule has 0 spiro atoms. The van der Waals surface area contributed by atoms with Crippen molar-refractivity contribution in [2.45, 2.75) is 76.7 Å². The van der Waals surface area contributed by atoms with Crippen molar-refractivity contribution in [2.24, 2.45) is 11.8 Å². The van der Waals surface area contributed by atoms with Gasteiger partial charge in [0.25, 0.3) is 0 Å². The second kappa shape index (κ2) is 10.5. The van der Waals surface area contributed by atoms with E-state index in [9.17, 15) is 15.0 Å². The highest BCUT2D eigenvalue weighted by molar-refractivity contribution is 5.64. The number of aliphatic hydroxyl groups is 1. The predicted molar refractivity (Wildman–Crippen MR) is 94.3 cm³/mol. The van der Waals surface area contributed by atoms with Crippen LogP contribution in [0.2, 0.25) is 0 Å². The molecule has 134 valence electrons. The molecule has 1 aromatic rings. The summed E-state index contributed by atoms with van der Waals surface area (Å²) in [4.78, 5) is 10.7. The lowest BCUT2D eigenvalue weighted by molar-refractivity contribution is -0.307. The molecule has 3 heteroatoms. The average Bonchev–Trinajstić information content (AvgIpc) is 2.58. The highest BCUT2D eigenvalue weighted by atomic mass is 16.4. The van der Waals surface area contributed by atoms with Crippen LogP contribution in [-0.2, 0) is 11.2 Å². The van der Waals surface area contributed by atoms with Gasteiger partial charge in [0, 0.05) is 5.97 Å². The van der Waals surface area contributed by atoms with Crippen molar-refractivity contribution in [3.05, 3.63) is 35.9 Å². The molecule has 0 aromatic heterocycles. The molecule has 0 amide bonds. The van der Waals surface area contributed by atoms with Crippen molar-refractivity contribution >= 4 is 5.97 Å². The van der Waals surface area contributed by atoms with Crippen LogP contribution in [0.5, 0.6) is 0 Å². The Morgan fingerprint density at radius 2 is 1.88 bits per heavy atom. The lowest BCUT2D eigenvalue weighted by atomic mass is 9.77. The third kappa shape index (κ3) is 7.48. The first-order chi connectivity index (χ1) is 11.6. The highest BCUT2D eigenvalue weighted by Crippen LogP contribution is 2.34. The van der Waals surface area contributed by atoms with Crippen molar-refractivity contribution in [3.8, 4) is 0 Å². The number of aryl methyl sites for hydroxylation is 1. The van der Waals surface area contributed by atoms with E-state index in [0.29, 0.717) is 5.92 Å². The van der Waals surface area contributed by atoms with E-state index in [1.54, 1.807) is 0 Å². The summed E-state index contributed by atoms with van der Waals surface area (Å²) in [5, 5.41) is 20.9. The molecular formula is C21H31O3-. The summed E-state index contributed by atoms with van der Waals surface area (Å²) in [6.45, 7) is 0. The van der Waals surface area contributed by atoms with E-state index < -0.39 is 5.97 Å². The van der Waals surface area contributed by atoms with Gasteiger partial charge in [-0.3, -0.25) is 0 Å². The number of hydrogen-bond donors (Lipinski definition) is 1. The van der Waals surface area contributed by atoms with Gasteiger partial charge >= 0.3 is 0 Å². The standard InChI is InChI=1S/C21H32O3/c22-20(12-5-4-9-17-7-2-1-3-8-17)14-13-18-10-6-11-19(15-18)16-21(23)24/h1-3,7-8,18-20,22H,4-6,9-16H2,(H,23,24)/p-1/t18-,19-,20?/m1/s1. The van der Waals surface area contributed by atoms with Crippen molar-refractivity contribution in [1.82, 2.24) is 0 Å². The first-order valence-corrected chi connectivity index (χ1v) is 9.55. The number of aliphatic carboxylic acids is 1. The van der Waals surface area contributed by atoms with Gasteiger partial charge in [-0.05, 0) is 62.3 Å². The molecule has 1 saturated carbocycles. The zero-order valence-electron chi connectivity index (χ0n) is 14.7. The Kier molecular flexibility index (Phi) is 8.31. The number of carbonyl (C=O) groups is 1. The van der Waals surface area contributed by atoms with Gasteiger partial charge in [0.15, 0.2) is 0 Å². The lowest BCUT2D eigenvalue weighted by Gasteiger charge is -2.30. The van der Waals surface area contributed by atoms with E-state index in [1.807, 2.05) is 6.07 Å². The molecule has 0 saturated heterocycles. The topological polar surface area (TPSA) is 60.4 Å². The van der Waals surface area contributed by atoms with Crippen molar-refractivity contribution in [1.29, 1.82) is 0 Å². The van der Waals surface area contributed by atoms with E-state index in [0.717, 1.165) is 57.8 Å².